The molecule has 6 nitrogen and oxygen atoms in total. The van der Waals surface area contributed by atoms with Gasteiger partial charge in [0.05, 0.1) is 5.56 Å². The molecule has 1 aliphatic heterocycles. The van der Waals surface area contributed by atoms with Gasteiger partial charge in [-0.15, -0.1) is 5.10 Å². The number of nitrogens with zero attached hydrogens (tertiary/aromatic N) is 2. The molecule has 1 aliphatic rings. The number of carbonyl (C=O) groups is 2. The van der Waals surface area contributed by atoms with Crippen LogP contribution in [0.1, 0.15) is 32.8 Å². The first-order chi connectivity index (χ1) is 12.6. The summed E-state index contributed by atoms with van der Waals surface area (Å²) < 4.78 is 38.1. The van der Waals surface area contributed by atoms with Crippen LogP contribution in [0.25, 0.3) is 0 Å². The number of benzene rings is 1. The van der Waals surface area contributed by atoms with Gasteiger partial charge < -0.3 is 10.6 Å². The average molecular weight is 400 g/mol. The molecule has 0 unspecified atom stereocenters. The number of halogens is 3. The fourth-order valence-electron chi connectivity index (χ4n) is 1.98. The minimum Gasteiger partial charge on any atom is -0.326 e. The molecule has 27 heavy (non-hydrogen) atoms. The molecule has 2 amide bonds. The number of thioether (sulfide) groups is 1. The zero-order valence-electron chi connectivity index (χ0n) is 14.9. The van der Waals surface area contributed by atoms with Gasteiger partial charge in [-0.3, -0.25) is 9.59 Å². The van der Waals surface area contributed by atoms with E-state index < -0.39 is 28.8 Å². The van der Waals surface area contributed by atoms with Gasteiger partial charge in [0.25, 0.3) is 0 Å². The first kappa shape index (κ1) is 20.9. The second kappa shape index (κ2) is 8.55. The fourth-order valence-corrected chi connectivity index (χ4v) is 2.90. The Kier molecular flexibility index (Phi) is 6.63. The lowest BCUT2D eigenvalue weighted by atomic mass is 10.1. The Morgan fingerprint density at radius 1 is 1.37 bits per heavy atom. The maximum absolute atomic E-state index is 12.7. The third-order valence-corrected chi connectivity index (χ3v) is 4.83. The Balaban J connectivity index is 1.97. The number of rotatable bonds is 5. The van der Waals surface area contributed by atoms with E-state index in [1.54, 1.807) is 0 Å². The number of anilines is 1. The maximum Gasteiger partial charge on any atom is 0.416 e. The zero-order chi connectivity index (χ0) is 20.2. The largest absolute Gasteiger partial charge is 0.416 e. The van der Waals surface area contributed by atoms with Crippen molar-refractivity contribution in [1.29, 1.82) is 0 Å². The summed E-state index contributed by atoms with van der Waals surface area (Å²) in [5.74, 6) is -0.745. The molecule has 1 aromatic carbocycles. The molecule has 1 aromatic rings. The van der Waals surface area contributed by atoms with E-state index in [0.717, 1.165) is 29.6 Å². The lowest BCUT2D eigenvalue weighted by Crippen LogP contribution is -2.28. The minimum atomic E-state index is -4.50. The first-order valence-corrected chi connectivity index (χ1v) is 9.01. The summed E-state index contributed by atoms with van der Waals surface area (Å²) >= 11 is 1.06. The molecule has 10 heteroatoms. The third-order valence-electron chi connectivity index (χ3n) is 3.76. The molecule has 1 fully saturated rings. The maximum atomic E-state index is 12.7. The summed E-state index contributed by atoms with van der Waals surface area (Å²) in [6.07, 6.45) is -4.69. The van der Waals surface area contributed by atoms with E-state index in [9.17, 15) is 22.8 Å². The van der Waals surface area contributed by atoms with Crippen LogP contribution < -0.4 is 10.6 Å². The van der Waals surface area contributed by atoms with Crippen molar-refractivity contribution in [3.63, 3.8) is 0 Å². The molecule has 2 N–H and O–H groups in total. The van der Waals surface area contributed by atoms with Gasteiger partial charge in [-0.1, -0.05) is 31.7 Å². The Labute approximate surface area is 158 Å². The summed E-state index contributed by atoms with van der Waals surface area (Å²) in [6, 6.07) is 4.31. The van der Waals surface area contributed by atoms with E-state index in [0.29, 0.717) is 0 Å². The third kappa shape index (κ3) is 6.09. The van der Waals surface area contributed by atoms with Gasteiger partial charge in [-0.2, -0.15) is 18.3 Å². The van der Waals surface area contributed by atoms with Crippen molar-refractivity contribution in [2.24, 2.45) is 16.1 Å². The van der Waals surface area contributed by atoms with Crippen LogP contribution in [-0.2, 0) is 15.8 Å². The van der Waals surface area contributed by atoms with Gasteiger partial charge >= 0.3 is 6.18 Å². The van der Waals surface area contributed by atoms with Gasteiger partial charge in [0.2, 0.25) is 11.8 Å². The SMILES string of the molecule is CC(=NN=C1NC(=O)[C@H](CC(=O)Nc2cccc(C(F)(F)F)c2)S1)C(C)C. The summed E-state index contributed by atoms with van der Waals surface area (Å²) in [5, 5.41) is 12.5. The number of alkyl halides is 3. The molecule has 2 rings (SSSR count). The van der Waals surface area contributed by atoms with E-state index in [-0.39, 0.29) is 23.2 Å². The highest BCUT2D eigenvalue weighted by atomic mass is 32.2. The van der Waals surface area contributed by atoms with Gasteiger partial charge in [-0.05, 0) is 31.0 Å². The average Bonchev–Trinajstić information content (AvgIpc) is 2.91. The summed E-state index contributed by atoms with van der Waals surface area (Å²) in [6.45, 7) is 5.73. The molecule has 1 saturated heterocycles. The molecule has 0 aliphatic carbocycles. The van der Waals surface area contributed by atoms with Crippen molar-refractivity contribution >= 4 is 40.1 Å². The lowest BCUT2D eigenvalue weighted by Gasteiger charge is -2.10. The topological polar surface area (TPSA) is 82.9 Å². The van der Waals surface area contributed by atoms with E-state index in [1.165, 1.54) is 12.1 Å². The number of carbonyl (C=O) groups excluding carboxylic acids is 2. The number of hydrogen-bond donors (Lipinski definition) is 2. The fraction of sp³-hybridized carbons (Fsp3) is 0.412. The van der Waals surface area contributed by atoms with Crippen LogP contribution in [-0.4, -0.2) is 27.9 Å². The monoisotopic (exact) mass is 400 g/mol. The summed E-state index contributed by atoms with van der Waals surface area (Å²) in [7, 11) is 0. The molecule has 146 valence electrons. The Morgan fingerprint density at radius 2 is 2.07 bits per heavy atom. The molecule has 0 aromatic heterocycles. The number of amides is 2. The highest BCUT2D eigenvalue weighted by molar-refractivity contribution is 8.15. The molecule has 0 radical (unpaired) electrons. The quantitative estimate of drug-likeness (QED) is 0.585. The van der Waals surface area contributed by atoms with E-state index in [2.05, 4.69) is 20.8 Å². The number of nitrogens with one attached hydrogen (secondary N) is 2. The van der Waals surface area contributed by atoms with Gasteiger partial charge in [0.15, 0.2) is 5.17 Å². The molecular formula is C17H19F3N4O2S. The molecule has 1 heterocycles. The summed E-state index contributed by atoms with van der Waals surface area (Å²) in [4.78, 5) is 24.0. The van der Waals surface area contributed by atoms with Crippen molar-refractivity contribution in [2.45, 2.75) is 38.6 Å². The summed E-state index contributed by atoms with van der Waals surface area (Å²) in [5.41, 5.74) is -0.0477. The van der Waals surface area contributed by atoms with Crippen molar-refractivity contribution in [1.82, 2.24) is 5.32 Å². The van der Waals surface area contributed by atoms with Gasteiger partial charge in [0.1, 0.15) is 5.25 Å². The smallest absolute Gasteiger partial charge is 0.326 e. The number of hydrogen-bond acceptors (Lipinski definition) is 5. The Hall–Kier alpha value is -2.36. The minimum absolute atomic E-state index is 0.0179. The van der Waals surface area contributed by atoms with Crippen LogP contribution in [0.3, 0.4) is 0 Å². The van der Waals surface area contributed by atoms with Crippen LogP contribution in [0, 0.1) is 5.92 Å². The van der Waals surface area contributed by atoms with Crippen LogP contribution in [0.5, 0.6) is 0 Å². The molecule has 0 saturated carbocycles. The van der Waals surface area contributed by atoms with E-state index in [1.807, 2.05) is 20.8 Å². The highest BCUT2D eigenvalue weighted by Crippen LogP contribution is 2.31. The number of amidine groups is 1. The van der Waals surface area contributed by atoms with E-state index in [4.69, 9.17) is 0 Å². The predicted molar refractivity (Wildman–Crippen MR) is 99.6 cm³/mol. The second-order valence-corrected chi connectivity index (χ2v) is 7.42. The van der Waals surface area contributed by atoms with Crippen molar-refractivity contribution in [2.75, 3.05) is 5.32 Å². The molecule has 1 atom stereocenters. The molecule has 0 spiro atoms. The first-order valence-electron chi connectivity index (χ1n) is 8.13. The van der Waals surface area contributed by atoms with Crippen LogP contribution in [0.2, 0.25) is 0 Å². The van der Waals surface area contributed by atoms with Crippen molar-refractivity contribution in [3.8, 4) is 0 Å². The predicted octanol–water partition coefficient (Wildman–Crippen LogP) is 3.65. The van der Waals surface area contributed by atoms with Gasteiger partial charge in [-0.25, -0.2) is 0 Å². The van der Waals surface area contributed by atoms with Crippen LogP contribution in [0.4, 0.5) is 18.9 Å². The zero-order valence-corrected chi connectivity index (χ0v) is 15.7. The van der Waals surface area contributed by atoms with Crippen molar-refractivity contribution < 1.29 is 22.8 Å². The van der Waals surface area contributed by atoms with Crippen LogP contribution in [0.15, 0.2) is 34.5 Å². The van der Waals surface area contributed by atoms with E-state index >= 15 is 0 Å². The van der Waals surface area contributed by atoms with Crippen molar-refractivity contribution in [3.05, 3.63) is 29.8 Å². The van der Waals surface area contributed by atoms with Crippen LogP contribution >= 0.6 is 11.8 Å². The molecule has 0 bridgehead atoms. The highest BCUT2D eigenvalue weighted by Gasteiger charge is 2.33. The standard InChI is InChI=1S/C17H19F3N4O2S/c1-9(2)10(3)23-24-16-22-15(26)13(27-16)8-14(25)21-12-6-4-5-11(7-12)17(18,19)20/h4-7,9,13H,8H2,1-3H3,(H,21,25)(H,22,24,26)/t13-/m0/s1. The molecular weight excluding hydrogens is 381 g/mol. The Bertz CT molecular complexity index is 791. The Morgan fingerprint density at radius 3 is 2.70 bits per heavy atom. The normalized spacial score (nSPS) is 19.5. The lowest BCUT2D eigenvalue weighted by molar-refractivity contribution is -0.137. The second-order valence-electron chi connectivity index (χ2n) is 6.23. The van der Waals surface area contributed by atoms with Gasteiger partial charge in [0, 0.05) is 17.8 Å².